The molecular weight excluding hydrogens is 496 g/mol. The smallest absolute Gasteiger partial charge is 0.407 e. The van der Waals surface area contributed by atoms with Gasteiger partial charge in [-0.05, 0) is 28.2 Å². The highest BCUT2D eigenvalue weighted by atomic mass is 32.2. The number of carbonyl (C=O) groups excluding carboxylic acids is 2. The molecular formula is C27H32N2O7S. The van der Waals surface area contributed by atoms with Gasteiger partial charge in [0, 0.05) is 17.6 Å². The summed E-state index contributed by atoms with van der Waals surface area (Å²) in [6, 6.07) is 13.8. The summed E-state index contributed by atoms with van der Waals surface area (Å²) in [6.07, 6.45) is 1.33. The van der Waals surface area contributed by atoms with E-state index in [1.54, 1.807) is 6.92 Å². The Bertz CT molecular complexity index is 1240. The second-order valence-corrected chi connectivity index (χ2v) is 11.1. The lowest BCUT2D eigenvalue weighted by Gasteiger charge is -2.25. The second kappa shape index (κ2) is 12.1. The average molecular weight is 529 g/mol. The van der Waals surface area contributed by atoms with E-state index in [4.69, 9.17) is 9.84 Å². The van der Waals surface area contributed by atoms with Gasteiger partial charge in [-0.2, -0.15) is 0 Å². The van der Waals surface area contributed by atoms with Crippen molar-refractivity contribution in [3.8, 4) is 11.1 Å². The number of benzene rings is 2. The molecule has 3 N–H and O–H groups in total. The Morgan fingerprint density at radius 3 is 2.11 bits per heavy atom. The maximum atomic E-state index is 13.0. The third-order valence-electron chi connectivity index (χ3n) is 6.39. The van der Waals surface area contributed by atoms with Gasteiger partial charge >= 0.3 is 12.1 Å². The minimum absolute atomic E-state index is 0.0768. The molecule has 0 spiro atoms. The van der Waals surface area contributed by atoms with Gasteiger partial charge in [-0.1, -0.05) is 74.9 Å². The molecule has 9 nitrogen and oxygen atoms in total. The van der Waals surface area contributed by atoms with Crippen LogP contribution >= 0.6 is 0 Å². The molecule has 0 unspecified atom stereocenters. The fourth-order valence-corrected chi connectivity index (χ4v) is 4.81. The van der Waals surface area contributed by atoms with Crippen LogP contribution in [0, 0.1) is 5.92 Å². The van der Waals surface area contributed by atoms with E-state index in [1.807, 2.05) is 55.5 Å². The van der Waals surface area contributed by atoms with Gasteiger partial charge in [0.15, 0.2) is 9.84 Å². The van der Waals surface area contributed by atoms with Crippen LogP contribution in [0.3, 0.4) is 0 Å². The molecule has 0 fully saturated rings. The molecule has 198 valence electrons. The van der Waals surface area contributed by atoms with Gasteiger partial charge in [-0.15, -0.1) is 0 Å². The van der Waals surface area contributed by atoms with Crippen LogP contribution in [0.5, 0.6) is 0 Å². The van der Waals surface area contributed by atoms with E-state index in [-0.39, 0.29) is 18.4 Å². The molecule has 1 aliphatic rings. The standard InChI is InChI=1S/C27H32N2O7S/c1-4-17(2)25(26(32)28-18(15-24(30)31)13-14-37(3,34)35)29-27(33)36-16-23-21-11-7-5-9-19(21)20-10-6-8-12-22(20)23/h5-14,17-18,23,25H,4,15-16H2,1-3H3,(H,28,32)(H,29,33)(H,30,31)/b14-13+/t17-,18+,25-/m0/s1. The van der Waals surface area contributed by atoms with Gasteiger partial charge in [0.2, 0.25) is 5.91 Å². The predicted octanol–water partition coefficient (Wildman–Crippen LogP) is 3.46. The average Bonchev–Trinajstić information content (AvgIpc) is 3.17. The molecule has 0 bridgehead atoms. The Labute approximate surface area is 216 Å². The summed E-state index contributed by atoms with van der Waals surface area (Å²) in [7, 11) is -3.52. The molecule has 2 amide bonds. The van der Waals surface area contributed by atoms with Crippen molar-refractivity contribution in [2.75, 3.05) is 12.9 Å². The maximum absolute atomic E-state index is 13.0. The summed E-state index contributed by atoms with van der Waals surface area (Å²) in [5.41, 5.74) is 4.30. The third-order valence-corrected chi connectivity index (χ3v) is 7.04. The first-order chi connectivity index (χ1) is 17.5. The highest BCUT2D eigenvalue weighted by Gasteiger charge is 2.31. The van der Waals surface area contributed by atoms with E-state index in [2.05, 4.69) is 10.6 Å². The minimum Gasteiger partial charge on any atom is -0.481 e. The lowest BCUT2D eigenvalue weighted by Crippen LogP contribution is -2.52. The van der Waals surface area contributed by atoms with E-state index in [9.17, 15) is 22.8 Å². The van der Waals surface area contributed by atoms with Crippen LogP contribution in [0.2, 0.25) is 0 Å². The summed E-state index contributed by atoms with van der Waals surface area (Å²) < 4.78 is 28.5. The summed E-state index contributed by atoms with van der Waals surface area (Å²) in [5, 5.41) is 15.1. The topological polar surface area (TPSA) is 139 Å². The molecule has 0 aliphatic heterocycles. The number of sulfone groups is 1. The lowest BCUT2D eigenvalue weighted by atomic mass is 9.97. The van der Waals surface area contributed by atoms with Crippen molar-refractivity contribution in [2.45, 2.75) is 44.7 Å². The van der Waals surface area contributed by atoms with Crippen LogP contribution in [0.15, 0.2) is 60.0 Å². The van der Waals surface area contributed by atoms with E-state index in [0.29, 0.717) is 6.42 Å². The van der Waals surface area contributed by atoms with Crippen molar-refractivity contribution in [1.82, 2.24) is 10.6 Å². The number of hydrogen-bond donors (Lipinski definition) is 3. The second-order valence-electron chi connectivity index (χ2n) is 9.20. The van der Waals surface area contributed by atoms with Gasteiger partial charge in [0.1, 0.15) is 12.6 Å². The fraction of sp³-hybridized carbons (Fsp3) is 0.370. The molecule has 10 heteroatoms. The van der Waals surface area contributed by atoms with Crippen LogP contribution in [-0.2, 0) is 24.2 Å². The first kappa shape index (κ1) is 27.9. The Kier molecular flexibility index (Phi) is 9.09. The van der Waals surface area contributed by atoms with Crippen LogP contribution < -0.4 is 10.6 Å². The number of carbonyl (C=O) groups is 3. The molecule has 2 aromatic carbocycles. The van der Waals surface area contributed by atoms with Crippen molar-refractivity contribution in [1.29, 1.82) is 0 Å². The van der Waals surface area contributed by atoms with Gasteiger partial charge in [-0.25, -0.2) is 13.2 Å². The predicted molar refractivity (Wildman–Crippen MR) is 140 cm³/mol. The van der Waals surface area contributed by atoms with Crippen LogP contribution in [-0.4, -0.2) is 56.4 Å². The van der Waals surface area contributed by atoms with Crippen molar-refractivity contribution in [3.05, 3.63) is 71.1 Å². The summed E-state index contributed by atoms with van der Waals surface area (Å²) >= 11 is 0. The van der Waals surface area contributed by atoms with Gasteiger partial charge in [-0.3, -0.25) is 9.59 Å². The number of carboxylic acid groups (broad SMARTS) is 1. The van der Waals surface area contributed by atoms with Crippen molar-refractivity contribution >= 4 is 27.8 Å². The number of hydrogen-bond acceptors (Lipinski definition) is 6. The number of fused-ring (bicyclic) bond motifs is 3. The highest BCUT2D eigenvalue weighted by Crippen LogP contribution is 2.44. The van der Waals surface area contributed by atoms with Gasteiger partial charge < -0.3 is 20.5 Å². The summed E-state index contributed by atoms with van der Waals surface area (Å²) in [5.74, 6) is -2.29. The SMILES string of the molecule is CC[C@H](C)[C@H](NC(=O)OCC1c2ccccc2-c2ccccc21)C(=O)N[C@H](/C=C/S(C)(=O)=O)CC(=O)O. The Balaban J connectivity index is 1.70. The van der Waals surface area contributed by atoms with E-state index < -0.39 is 46.3 Å². The molecule has 3 atom stereocenters. The molecule has 3 rings (SSSR count). The van der Waals surface area contributed by atoms with Crippen LogP contribution in [0.4, 0.5) is 4.79 Å². The largest absolute Gasteiger partial charge is 0.481 e. The first-order valence-electron chi connectivity index (χ1n) is 12.0. The molecule has 0 saturated carbocycles. The van der Waals surface area contributed by atoms with Crippen molar-refractivity contribution in [2.24, 2.45) is 5.92 Å². The quantitative estimate of drug-likeness (QED) is 0.406. The van der Waals surface area contributed by atoms with Crippen molar-refractivity contribution in [3.63, 3.8) is 0 Å². The summed E-state index contributed by atoms with van der Waals surface area (Å²) in [6.45, 7) is 3.70. The molecule has 2 aromatic rings. The molecule has 0 saturated heterocycles. The minimum atomic E-state index is -3.52. The fourth-order valence-electron chi connectivity index (χ4n) is 4.33. The van der Waals surface area contributed by atoms with E-state index >= 15 is 0 Å². The zero-order valence-corrected chi connectivity index (χ0v) is 21.8. The molecule has 0 aromatic heterocycles. The zero-order chi connectivity index (χ0) is 27.2. The number of rotatable bonds is 11. The maximum Gasteiger partial charge on any atom is 0.407 e. The van der Waals surface area contributed by atoms with E-state index in [1.165, 1.54) is 0 Å². The Morgan fingerprint density at radius 1 is 1.03 bits per heavy atom. The van der Waals surface area contributed by atoms with Crippen molar-refractivity contribution < 1.29 is 32.6 Å². The molecule has 0 radical (unpaired) electrons. The molecule has 37 heavy (non-hydrogen) atoms. The summed E-state index contributed by atoms with van der Waals surface area (Å²) in [4.78, 5) is 37.0. The monoisotopic (exact) mass is 528 g/mol. The number of aliphatic carboxylic acids is 1. The number of amides is 2. The highest BCUT2D eigenvalue weighted by molar-refractivity contribution is 7.93. The lowest BCUT2D eigenvalue weighted by molar-refractivity contribution is -0.137. The van der Waals surface area contributed by atoms with Crippen LogP contribution in [0.25, 0.3) is 11.1 Å². The molecule has 0 heterocycles. The number of alkyl carbamates (subject to hydrolysis) is 1. The third kappa shape index (κ3) is 7.42. The number of nitrogens with one attached hydrogen (secondary N) is 2. The Morgan fingerprint density at radius 2 is 1.59 bits per heavy atom. The number of ether oxygens (including phenoxy) is 1. The van der Waals surface area contributed by atoms with Gasteiger partial charge in [0.05, 0.1) is 12.5 Å². The Hall–Kier alpha value is -3.66. The number of carboxylic acids is 1. The molecule has 1 aliphatic carbocycles. The van der Waals surface area contributed by atoms with Crippen LogP contribution in [0.1, 0.15) is 43.7 Å². The first-order valence-corrected chi connectivity index (χ1v) is 14.0. The zero-order valence-electron chi connectivity index (χ0n) is 21.0. The van der Waals surface area contributed by atoms with E-state index in [0.717, 1.165) is 40.0 Å². The van der Waals surface area contributed by atoms with Gasteiger partial charge in [0.25, 0.3) is 0 Å². The normalized spacial score (nSPS) is 15.3.